The minimum Gasteiger partial charge on any atom is -0.456 e. The molecule has 5 heterocycles. The molecule has 24 aromatic rings. The molecule has 0 aliphatic carbocycles. The van der Waals surface area contributed by atoms with E-state index in [1.54, 1.807) is 4.57 Å². The first-order valence-electron chi connectivity index (χ1n) is 49.1. The Hall–Kier alpha value is -15.8. The van der Waals surface area contributed by atoms with E-state index in [9.17, 15) is 24.7 Å². The summed E-state index contributed by atoms with van der Waals surface area (Å²) in [5, 5.41) is 12.2. The number of hydrogen-bond acceptors (Lipinski definition) is 3. The van der Waals surface area contributed by atoms with Gasteiger partial charge in [0.2, 0.25) is 0 Å². The second kappa shape index (κ2) is 25.9. The number of nitrogens with zero attached hydrogens (tertiary/aromatic N) is 4. The van der Waals surface area contributed by atoms with E-state index >= 15 is 0 Å². The Balaban J connectivity index is 0.904. The number of hydrogen-bond donors (Lipinski definition) is 0. The van der Waals surface area contributed by atoms with Crippen LogP contribution in [0.3, 0.4) is 0 Å². The molecule has 0 atom stereocenters. The first kappa shape index (κ1) is 51.3. The van der Waals surface area contributed by atoms with E-state index in [1.165, 1.54) is 4.57 Å². The third kappa shape index (κ3) is 9.73. The predicted molar refractivity (Wildman–Crippen MR) is 509 cm³/mol. The van der Waals surface area contributed by atoms with Crippen molar-refractivity contribution in [3.8, 4) is 67.0 Å². The first-order chi connectivity index (χ1) is 67.0. The highest BCUT2D eigenvalue weighted by atomic mass is 16.3. The van der Waals surface area contributed by atoms with E-state index in [0.717, 1.165) is 103 Å². The summed E-state index contributed by atoms with van der Waals surface area (Å²) in [5.74, 6) is 0. The Bertz CT molecular complexity index is 9420. The van der Waals surface area contributed by atoms with Gasteiger partial charge in [0, 0.05) is 88.7 Å². The van der Waals surface area contributed by atoms with Crippen molar-refractivity contribution in [3.05, 3.63) is 418 Å². The van der Waals surface area contributed by atoms with Gasteiger partial charge < -0.3 is 23.4 Å². The number of rotatable bonds is 9. The smallest absolute Gasteiger partial charge is 0.252 e. The summed E-state index contributed by atoms with van der Waals surface area (Å²) in [7, 11) is 0. The molecule has 0 saturated heterocycles. The molecule has 2 aliphatic heterocycles. The van der Waals surface area contributed by atoms with Gasteiger partial charge >= 0.3 is 0 Å². The number of benzene rings is 21. The molecule has 3 aromatic heterocycles. The Morgan fingerprint density at radius 1 is 0.225 bits per heavy atom. The Labute approximate surface area is 716 Å². The molecule has 26 rings (SSSR count). The van der Waals surface area contributed by atoms with Gasteiger partial charge in [-0.1, -0.05) is 321 Å². The van der Waals surface area contributed by atoms with Gasteiger partial charge in [0.1, 0.15) is 11.2 Å². The van der Waals surface area contributed by atoms with Crippen molar-refractivity contribution < 1.29 is 29.1 Å². The van der Waals surface area contributed by atoms with E-state index < -0.39 is 103 Å². The zero-order valence-corrected chi connectivity index (χ0v) is 63.7. The minimum atomic E-state index is -0.962. The molecule has 2 aliphatic rings. The molecule has 0 saturated carbocycles. The highest BCUT2D eigenvalue weighted by molar-refractivity contribution is 7.00. The molecule has 0 spiro atoms. The zero-order chi connectivity index (χ0) is 94.0. The van der Waals surface area contributed by atoms with E-state index in [4.69, 9.17) is 4.42 Å². The SMILES string of the molecule is [2H]c1cc(-c2ccccc2)c(N2c3cc(-n4c5c([2H])c([2H])c([2H])c([2H])c5c5c([2H])c([2H])c([2H])c([2H])c54)ccc3B3c4ccc(-n5c6c([2H])c([2H])c([2H])c([2H])c6c6c([2H])c([2H])c([2H])c([2H])c65)cc4N(c4c(-c5cc6ccccc6c6ccccc56)cc([2H])cc4-c4cc5ccccc5c5ccccc45)c4cc(-c5ccc6oc7ccccc7c6c5)cc2c43)c(-c2cc3ccccc3c3ccccc23)c1. The van der Waals surface area contributed by atoms with Gasteiger partial charge in [0.25, 0.3) is 6.71 Å². The molecule has 0 radical (unpaired) electrons. The Morgan fingerprint density at radius 3 is 1.04 bits per heavy atom. The Morgan fingerprint density at radius 2 is 0.592 bits per heavy atom. The first-order valence-corrected chi connectivity index (χ1v) is 40.1. The number of furan rings is 1. The highest BCUT2D eigenvalue weighted by Gasteiger charge is 2.46. The van der Waals surface area contributed by atoms with E-state index in [-0.39, 0.29) is 67.1 Å². The summed E-state index contributed by atoms with van der Waals surface area (Å²) in [6.07, 6.45) is 0. The molecule has 0 amide bonds. The monoisotopic (exact) mass is 1540 g/mol. The van der Waals surface area contributed by atoms with Gasteiger partial charge in [-0.15, -0.1) is 0 Å². The highest BCUT2D eigenvalue weighted by Crippen LogP contribution is 2.57. The summed E-state index contributed by atoms with van der Waals surface area (Å²) in [6, 6.07) is 95.0. The normalized spacial score (nSPS) is 14.7. The van der Waals surface area contributed by atoms with Gasteiger partial charge in [-0.3, -0.25) is 0 Å². The van der Waals surface area contributed by atoms with Crippen LogP contribution >= 0.6 is 0 Å². The number of fused-ring (bicyclic) bond motifs is 22. The summed E-state index contributed by atoms with van der Waals surface area (Å²) >= 11 is 0. The second-order valence-electron chi connectivity index (χ2n) is 31.1. The molecule has 21 aromatic carbocycles. The molecular weight excluding hydrogens is 1450 g/mol. The lowest BCUT2D eigenvalue weighted by Crippen LogP contribution is -2.61. The van der Waals surface area contributed by atoms with E-state index in [1.807, 2.05) is 200 Å². The van der Waals surface area contributed by atoms with Gasteiger partial charge in [-0.05, 0) is 211 Å². The van der Waals surface area contributed by atoms with Crippen LogP contribution in [0.1, 0.15) is 24.7 Å². The van der Waals surface area contributed by atoms with Crippen LogP contribution in [0.2, 0.25) is 0 Å². The lowest BCUT2D eigenvalue weighted by atomic mass is 9.33. The second-order valence-corrected chi connectivity index (χ2v) is 31.1. The van der Waals surface area contributed by atoms with Gasteiger partial charge in [0.15, 0.2) is 0 Å². The minimum absolute atomic E-state index is 0.112. The maximum atomic E-state index is 10.7. The average molecular weight is 1540 g/mol. The molecule has 6 heteroatoms. The fourth-order valence-electron chi connectivity index (χ4n) is 19.9. The summed E-state index contributed by atoms with van der Waals surface area (Å²) in [5.41, 5.74) is 13.3. The zero-order valence-electron chi connectivity index (χ0n) is 81.7. The van der Waals surface area contributed by atoms with Crippen LogP contribution in [-0.4, -0.2) is 15.8 Å². The van der Waals surface area contributed by atoms with E-state index in [2.05, 4.69) is 119 Å². The number of anilines is 6. The van der Waals surface area contributed by atoms with Crippen LogP contribution in [-0.2, 0) is 0 Å². The average Bonchev–Trinajstić information content (AvgIpc) is 0.810. The third-order valence-corrected chi connectivity index (χ3v) is 25.0. The van der Waals surface area contributed by atoms with Crippen molar-refractivity contribution >= 4 is 187 Å². The quantitative estimate of drug-likeness (QED) is 0.107. The maximum Gasteiger partial charge on any atom is 0.252 e. The fourth-order valence-corrected chi connectivity index (χ4v) is 19.9. The molecule has 0 unspecified atom stereocenters. The van der Waals surface area contributed by atoms with Gasteiger partial charge in [-0.2, -0.15) is 0 Å². The van der Waals surface area contributed by atoms with Crippen molar-refractivity contribution in [3.63, 3.8) is 0 Å². The van der Waals surface area contributed by atoms with Gasteiger partial charge in [0.05, 0.1) is 58.1 Å². The van der Waals surface area contributed by atoms with Crippen molar-refractivity contribution in [2.45, 2.75) is 0 Å². The Kier molecular flexibility index (Phi) is 11.1. The molecule has 120 heavy (non-hydrogen) atoms. The number of aromatic nitrogens is 2. The van der Waals surface area contributed by atoms with Crippen LogP contribution in [0.15, 0.2) is 423 Å². The van der Waals surface area contributed by atoms with Crippen LogP contribution in [0.4, 0.5) is 34.1 Å². The number of para-hydroxylation sites is 7. The fraction of sp³-hybridized carbons (Fsp3) is 0. The van der Waals surface area contributed by atoms with Crippen molar-refractivity contribution in [1.82, 2.24) is 9.13 Å². The predicted octanol–water partition coefficient (Wildman–Crippen LogP) is 29.1. The summed E-state index contributed by atoms with van der Waals surface area (Å²) < 4.78 is 186. The molecule has 5 nitrogen and oxygen atoms in total. The van der Waals surface area contributed by atoms with Crippen LogP contribution in [0.25, 0.3) is 197 Å². The summed E-state index contributed by atoms with van der Waals surface area (Å²) in [6.45, 7) is -0.962. The molecule has 0 fully saturated rings. The van der Waals surface area contributed by atoms with Crippen molar-refractivity contribution in [2.75, 3.05) is 9.80 Å². The molecule has 554 valence electrons. The van der Waals surface area contributed by atoms with Crippen molar-refractivity contribution in [2.24, 2.45) is 0 Å². The van der Waals surface area contributed by atoms with Crippen LogP contribution in [0.5, 0.6) is 0 Å². The lowest BCUT2D eigenvalue weighted by Gasteiger charge is -2.46. The standard InChI is InChI=1S/C114H69BN4O/c1-2-28-70(29-3-1)81-47-26-48-93(96-63-72-30-4-7-33-78(72)82-36-10-13-39-85(82)96)113(81)118-106-68-76(116-102-51-21-16-42-88(102)89-43-17-22-52-103(89)116)57-59-100(106)115-101-60-58-77(117-104-53-23-18-44-90(104)91-45-19-24-54-105(91)117)69-107(101)119(109-67-75(66-108(118)112(109)115)71-56-61-111-99(62-71)92-46-20-25-55-110(92)120-111)114-94(97-64-73-31-5-8-34-79(73)83-37-11-14-40-86(83)97)49-27-50-95(114)98-65-74-32-6-9-35-80(74)84-38-12-15-41-87(84)98/h1-69H/i16D,17D,18D,19D,21D,22D,23D,24D,26D,27D,42D,43D,44D,45D,51D,52D,53D,54D. The maximum absolute atomic E-state index is 10.7. The van der Waals surface area contributed by atoms with Crippen molar-refractivity contribution in [1.29, 1.82) is 0 Å². The van der Waals surface area contributed by atoms with Crippen LogP contribution < -0.4 is 26.2 Å². The molecular formula is C114H69BN4O. The third-order valence-electron chi connectivity index (χ3n) is 25.0. The van der Waals surface area contributed by atoms with Crippen LogP contribution in [0, 0.1) is 0 Å². The molecule has 0 N–H and O–H groups in total. The largest absolute Gasteiger partial charge is 0.456 e. The molecule has 0 bridgehead atoms. The summed E-state index contributed by atoms with van der Waals surface area (Å²) in [4.78, 5) is 4.53. The topological polar surface area (TPSA) is 29.5 Å². The van der Waals surface area contributed by atoms with E-state index in [0.29, 0.717) is 89.5 Å². The van der Waals surface area contributed by atoms with Gasteiger partial charge in [-0.25, -0.2) is 0 Å². The lowest BCUT2D eigenvalue weighted by molar-refractivity contribution is 0.669.